The molecule has 0 aromatic rings. The average molecular weight is 265 g/mol. The Morgan fingerprint density at radius 3 is 2.63 bits per heavy atom. The smallest absolute Gasteiger partial charge is 0.221 e. The Morgan fingerprint density at radius 1 is 1.16 bits per heavy atom. The quantitative estimate of drug-likeness (QED) is 0.691. The normalized spacial score (nSPS) is 26.9. The van der Waals surface area contributed by atoms with E-state index in [1.807, 2.05) is 0 Å². The number of carbonyl (C=O) groups excluding carboxylic acids is 1. The van der Waals surface area contributed by atoms with Crippen molar-refractivity contribution in [2.45, 2.75) is 57.0 Å². The predicted molar refractivity (Wildman–Crippen MR) is 76.0 cm³/mol. The zero-order chi connectivity index (χ0) is 13.1. The van der Waals surface area contributed by atoms with Crippen molar-refractivity contribution in [2.75, 3.05) is 26.2 Å². The molecule has 2 N–H and O–H groups in total. The molecule has 108 valence electrons. The van der Waals surface area contributed by atoms with Crippen molar-refractivity contribution in [3.8, 4) is 0 Å². The van der Waals surface area contributed by atoms with E-state index in [4.69, 9.17) is 0 Å². The number of hydrogen-bond acceptors (Lipinski definition) is 3. The zero-order valence-electron chi connectivity index (χ0n) is 11.9. The van der Waals surface area contributed by atoms with Crippen molar-refractivity contribution in [3.05, 3.63) is 0 Å². The molecule has 0 aromatic carbocycles. The van der Waals surface area contributed by atoms with Gasteiger partial charge in [-0.1, -0.05) is 0 Å². The first-order valence-electron chi connectivity index (χ1n) is 8.05. The Morgan fingerprint density at radius 2 is 2.00 bits per heavy atom. The van der Waals surface area contributed by atoms with Crippen LogP contribution < -0.4 is 10.6 Å². The van der Waals surface area contributed by atoms with Gasteiger partial charge in [0.05, 0.1) is 0 Å². The minimum atomic E-state index is 0.252. The zero-order valence-corrected chi connectivity index (χ0v) is 11.9. The van der Waals surface area contributed by atoms with E-state index < -0.39 is 0 Å². The lowest BCUT2D eigenvalue weighted by molar-refractivity contribution is -0.121. The number of rotatable bonds is 8. The molecule has 3 fully saturated rings. The fourth-order valence-electron chi connectivity index (χ4n) is 2.93. The van der Waals surface area contributed by atoms with Crippen LogP contribution in [0.3, 0.4) is 0 Å². The molecule has 3 rings (SSSR count). The highest BCUT2D eigenvalue weighted by atomic mass is 16.1. The minimum Gasteiger partial charge on any atom is -0.353 e. The lowest BCUT2D eigenvalue weighted by Crippen LogP contribution is -2.40. The van der Waals surface area contributed by atoms with Gasteiger partial charge < -0.3 is 15.5 Å². The topological polar surface area (TPSA) is 44.4 Å². The van der Waals surface area contributed by atoms with Gasteiger partial charge in [0.1, 0.15) is 0 Å². The maximum atomic E-state index is 11.8. The molecule has 2 saturated carbocycles. The number of nitrogens with one attached hydrogen (secondary N) is 2. The van der Waals surface area contributed by atoms with Crippen LogP contribution in [-0.4, -0.2) is 49.1 Å². The highest BCUT2D eigenvalue weighted by Crippen LogP contribution is 2.30. The first-order chi connectivity index (χ1) is 9.29. The van der Waals surface area contributed by atoms with Crippen molar-refractivity contribution < 1.29 is 4.79 Å². The summed E-state index contributed by atoms with van der Waals surface area (Å²) in [5.41, 5.74) is 0. The van der Waals surface area contributed by atoms with E-state index in [-0.39, 0.29) is 5.91 Å². The van der Waals surface area contributed by atoms with Gasteiger partial charge in [-0.05, 0) is 51.0 Å². The third-order valence-electron chi connectivity index (χ3n) is 4.45. The van der Waals surface area contributed by atoms with Crippen LogP contribution in [0.4, 0.5) is 0 Å². The third kappa shape index (κ3) is 4.77. The molecule has 0 bridgehead atoms. The maximum absolute atomic E-state index is 11.8. The standard InChI is InChI=1S/C15H27N3O/c19-15(17-13-5-6-13)7-9-18(10-12-3-4-12)11-14-2-1-8-16-14/h12-14,16H,1-11H2,(H,17,19). The van der Waals surface area contributed by atoms with E-state index >= 15 is 0 Å². The summed E-state index contributed by atoms with van der Waals surface area (Å²) in [6.07, 6.45) is 8.44. The average Bonchev–Trinajstić information content (AvgIpc) is 3.30. The first kappa shape index (κ1) is 13.4. The number of nitrogens with zero attached hydrogens (tertiary/aromatic N) is 1. The van der Waals surface area contributed by atoms with Gasteiger partial charge in [0.15, 0.2) is 0 Å². The van der Waals surface area contributed by atoms with Crippen molar-refractivity contribution >= 4 is 5.91 Å². The summed E-state index contributed by atoms with van der Waals surface area (Å²) in [7, 11) is 0. The molecule has 1 saturated heterocycles. The van der Waals surface area contributed by atoms with Crippen LogP contribution in [0.25, 0.3) is 0 Å². The fourth-order valence-corrected chi connectivity index (χ4v) is 2.93. The lowest BCUT2D eigenvalue weighted by atomic mass is 10.2. The molecule has 3 aliphatic rings. The Hall–Kier alpha value is -0.610. The first-order valence-corrected chi connectivity index (χ1v) is 8.05. The van der Waals surface area contributed by atoms with Gasteiger partial charge in [-0.3, -0.25) is 4.79 Å². The Bertz CT molecular complexity index is 307. The second kappa shape index (κ2) is 6.23. The summed E-state index contributed by atoms with van der Waals surface area (Å²) >= 11 is 0. The van der Waals surface area contributed by atoms with E-state index in [2.05, 4.69) is 15.5 Å². The van der Waals surface area contributed by atoms with Crippen LogP contribution in [0.15, 0.2) is 0 Å². The van der Waals surface area contributed by atoms with Crippen LogP contribution in [0.5, 0.6) is 0 Å². The molecule has 0 radical (unpaired) electrons. The molecule has 0 aromatic heterocycles. The number of hydrogen-bond donors (Lipinski definition) is 2. The predicted octanol–water partition coefficient (Wildman–Crippen LogP) is 1.12. The van der Waals surface area contributed by atoms with E-state index in [0.29, 0.717) is 18.5 Å². The highest BCUT2D eigenvalue weighted by Gasteiger charge is 2.27. The molecule has 1 atom stereocenters. The van der Waals surface area contributed by atoms with E-state index in [1.54, 1.807) is 0 Å². The van der Waals surface area contributed by atoms with Gasteiger partial charge >= 0.3 is 0 Å². The van der Waals surface area contributed by atoms with Crippen LogP contribution in [0, 0.1) is 5.92 Å². The van der Waals surface area contributed by atoms with Crippen molar-refractivity contribution in [3.63, 3.8) is 0 Å². The van der Waals surface area contributed by atoms with Gasteiger partial charge in [-0.15, -0.1) is 0 Å². The maximum Gasteiger partial charge on any atom is 0.221 e. The van der Waals surface area contributed by atoms with E-state index in [9.17, 15) is 4.79 Å². The van der Waals surface area contributed by atoms with Crippen LogP contribution in [0.2, 0.25) is 0 Å². The van der Waals surface area contributed by atoms with E-state index in [1.165, 1.54) is 51.6 Å². The molecular weight excluding hydrogens is 238 g/mol. The Balaban J connectivity index is 1.39. The molecule has 1 heterocycles. The Labute approximate surface area is 116 Å². The summed E-state index contributed by atoms with van der Waals surface area (Å²) in [4.78, 5) is 14.3. The summed E-state index contributed by atoms with van der Waals surface area (Å²) in [6.45, 7) is 4.44. The molecule has 1 aliphatic heterocycles. The van der Waals surface area contributed by atoms with Crippen LogP contribution >= 0.6 is 0 Å². The van der Waals surface area contributed by atoms with Gasteiger partial charge in [0.25, 0.3) is 0 Å². The summed E-state index contributed by atoms with van der Waals surface area (Å²) < 4.78 is 0. The number of carbonyl (C=O) groups is 1. The second-order valence-electron chi connectivity index (χ2n) is 6.59. The minimum absolute atomic E-state index is 0.252. The van der Waals surface area contributed by atoms with Gasteiger partial charge in [0.2, 0.25) is 5.91 Å². The third-order valence-corrected chi connectivity index (χ3v) is 4.45. The molecule has 0 spiro atoms. The SMILES string of the molecule is O=C(CCN(CC1CC1)CC1CCCN1)NC1CC1. The molecule has 19 heavy (non-hydrogen) atoms. The molecule has 4 nitrogen and oxygen atoms in total. The van der Waals surface area contributed by atoms with Gasteiger partial charge in [-0.25, -0.2) is 0 Å². The molecule has 2 aliphatic carbocycles. The van der Waals surface area contributed by atoms with Crippen LogP contribution in [-0.2, 0) is 4.79 Å². The molecule has 1 amide bonds. The molecular formula is C15H27N3O. The fraction of sp³-hybridized carbons (Fsp3) is 0.933. The Kier molecular flexibility index (Phi) is 4.38. The van der Waals surface area contributed by atoms with Crippen LogP contribution in [0.1, 0.15) is 44.9 Å². The van der Waals surface area contributed by atoms with Gasteiger partial charge in [-0.2, -0.15) is 0 Å². The van der Waals surface area contributed by atoms with E-state index in [0.717, 1.165) is 19.0 Å². The monoisotopic (exact) mass is 265 g/mol. The highest BCUT2D eigenvalue weighted by molar-refractivity contribution is 5.76. The largest absolute Gasteiger partial charge is 0.353 e. The summed E-state index contributed by atoms with van der Waals surface area (Å²) in [5.74, 6) is 1.16. The lowest BCUT2D eigenvalue weighted by Gasteiger charge is -2.25. The number of amides is 1. The van der Waals surface area contributed by atoms with Gasteiger partial charge in [0, 0.05) is 38.1 Å². The second-order valence-corrected chi connectivity index (χ2v) is 6.59. The molecule has 4 heteroatoms. The molecule has 1 unspecified atom stereocenters. The summed E-state index contributed by atoms with van der Waals surface area (Å²) in [6, 6.07) is 1.16. The van der Waals surface area contributed by atoms with Crippen molar-refractivity contribution in [2.24, 2.45) is 5.92 Å². The van der Waals surface area contributed by atoms with Crippen molar-refractivity contribution in [1.82, 2.24) is 15.5 Å². The van der Waals surface area contributed by atoms with Crippen molar-refractivity contribution in [1.29, 1.82) is 0 Å². The summed E-state index contributed by atoms with van der Waals surface area (Å²) in [5, 5.41) is 6.66.